The quantitative estimate of drug-likeness (QED) is 0.381. The summed E-state index contributed by atoms with van der Waals surface area (Å²) >= 11 is 6.22. The van der Waals surface area contributed by atoms with Crippen LogP contribution >= 0.6 is 11.6 Å². The van der Waals surface area contributed by atoms with Crippen molar-refractivity contribution in [2.75, 3.05) is 5.32 Å². The molecular formula is C21H22ClF3N2O2. The molecule has 1 N–H and O–H groups in total. The molecule has 4 nitrogen and oxygen atoms in total. The number of carbonyl (C=O) groups excluding carboxylic acids is 1. The molecule has 0 radical (unpaired) electrons. The van der Waals surface area contributed by atoms with Crippen molar-refractivity contribution in [3.63, 3.8) is 0 Å². The van der Waals surface area contributed by atoms with Gasteiger partial charge in [0, 0.05) is 12.6 Å². The van der Waals surface area contributed by atoms with Gasteiger partial charge in [-0.15, -0.1) is 6.58 Å². The fourth-order valence-electron chi connectivity index (χ4n) is 3.27. The molecule has 2 aromatic rings. The van der Waals surface area contributed by atoms with Crippen LogP contribution < -0.4 is 10.0 Å². The van der Waals surface area contributed by atoms with Crippen LogP contribution in [-0.2, 0) is 25.4 Å². The number of carbonyl (C=O) groups is 1. The molecule has 1 aromatic carbocycles. The lowest BCUT2D eigenvalue weighted by Gasteiger charge is -2.19. The number of para-hydroxylation sites is 1. The highest BCUT2D eigenvalue weighted by atomic mass is 35.5. The Hall–Kier alpha value is -2.54. The van der Waals surface area contributed by atoms with Crippen molar-refractivity contribution >= 4 is 23.2 Å². The second-order valence-corrected chi connectivity index (χ2v) is 6.88. The van der Waals surface area contributed by atoms with Crippen molar-refractivity contribution in [1.82, 2.24) is 0 Å². The molecule has 1 amide bonds. The monoisotopic (exact) mass is 426 g/mol. The predicted molar refractivity (Wildman–Crippen MR) is 107 cm³/mol. The number of pyridine rings is 1. The SMILES string of the molecule is C=CCc1c(Cl)c(C(=O)Nc2c(CC)cccc2CC)c(C)[n+]([O-])c1C(F)(F)F. The smallest absolute Gasteiger partial charge is 0.479 e. The second-order valence-electron chi connectivity index (χ2n) is 6.50. The van der Waals surface area contributed by atoms with Crippen LogP contribution in [0.25, 0.3) is 0 Å². The lowest BCUT2D eigenvalue weighted by Crippen LogP contribution is -2.43. The normalized spacial score (nSPS) is 11.4. The maximum Gasteiger partial charge on any atom is 0.479 e. The van der Waals surface area contributed by atoms with Gasteiger partial charge >= 0.3 is 11.9 Å². The summed E-state index contributed by atoms with van der Waals surface area (Å²) in [6.45, 7) is 8.42. The molecule has 156 valence electrons. The van der Waals surface area contributed by atoms with E-state index < -0.39 is 34.1 Å². The second kappa shape index (κ2) is 8.86. The van der Waals surface area contributed by atoms with Gasteiger partial charge in [-0.2, -0.15) is 17.9 Å². The summed E-state index contributed by atoms with van der Waals surface area (Å²) in [5.41, 5.74) is -0.266. The topological polar surface area (TPSA) is 56.0 Å². The zero-order chi connectivity index (χ0) is 21.9. The van der Waals surface area contributed by atoms with E-state index in [9.17, 15) is 23.2 Å². The molecule has 0 fully saturated rings. The zero-order valence-corrected chi connectivity index (χ0v) is 17.2. The minimum absolute atomic E-state index is 0.272. The molecule has 8 heteroatoms. The minimum Gasteiger partial charge on any atom is -0.618 e. The lowest BCUT2D eigenvalue weighted by molar-refractivity contribution is -0.636. The highest BCUT2D eigenvalue weighted by Gasteiger charge is 2.45. The number of nitrogens with zero attached hydrogens (tertiary/aromatic N) is 1. The van der Waals surface area contributed by atoms with Gasteiger partial charge in [0.2, 0.25) is 5.69 Å². The van der Waals surface area contributed by atoms with Gasteiger partial charge in [-0.3, -0.25) is 4.79 Å². The van der Waals surface area contributed by atoms with E-state index in [1.54, 1.807) is 0 Å². The average molecular weight is 427 g/mol. The van der Waals surface area contributed by atoms with Gasteiger partial charge in [0.1, 0.15) is 5.56 Å². The van der Waals surface area contributed by atoms with Gasteiger partial charge < -0.3 is 10.5 Å². The molecule has 29 heavy (non-hydrogen) atoms. The Morgan fingerprint density at radius 1 is 1.28 bits per heavy atom. The standard InChI is InChI=1S/C21H22ClF3N2O2/c1-5-9-15-17(22)16(12(4)27(29)19(15)21(23,24)25)20(28)26-18-13(6-2)10-8-11-14(18)7-3/h5,8,10-11H,1,6-7,9H2,2-4H3,(H,26,28). The van der Waals surface area contributed by atoms with E-state index in [1.807, 2.05) is 32.0 Å². The molecule has 1 aromatic heterocycles. The summed E-state index contributed by atoms with van der Waals surface area (Å²) in [5.74, 6) is -0.730. The van der Waals surface area contributed by atoms with Crippen molar-refractivity contribution in [2.45, 2.75) is 46.2 Å². The number of halogens is 4. The Morgan fingerprint density at radius 2 is 1.83 bits per heavy atom. The van der Waals surface area contributed by atoms with Gasteiger partial charge in [-0.1, -0.05) is 49.7 Å². The number of anilines is 1. The van der Waals surface area contributed by atoms with E-state index in [0.717, 1.165) is 18.1 Å². The maximum atomic E-state index is 13.5. The van der Waals surface area contributed by atoms with Crippen LogP contribution in [0.3, 0.4) is 0 Å². The van der Waals surface area contributed by atoms with Crippen molar-refractivity contribution in [1.29, 1.82) is 0 Å². The molecule has 0 aliphatic rings. The number of hydrogen-bond acceptors (Lipinski definition) is 2. The van der Waals surface area contributed by atoms with Crippen LogP contribution in [-0.4, -0.2) is 5.91 Å². The molecule has 2 rings (SSSR count). The predicted octanol–water partition coefficient (Wildman–Crippen LogP) is 5.41. The first-order valence-corrected chi connectivity index (χ1v) is 9.50. The van der Waals surface area contributed by atoms with Gasteiger partial charge in [0.05, 0.1) is 10.6 Å². The van der Waals surface area contributed by atoms with Gasteiger partial charge in [-0.25, -0.2) is 0 Å². The zero-order valence-electron chi connectivity index (χ0n) is 16.4. The average Bonchev–Trinajstić information content (AvgIpc) is 2.65. The number of nitrogens with one attached hydrogen (secondary N) is 1. The fourth-order valence-corrected chi connectivity index (χ4v) is 3.65. The van der Waals surface area contributed by atoms with Crippen LogP contribution in [0.15, 0.2) is 30.9 Å². The Labute approximate surface area is 172 Å². The third-order valence-corrected chi connectivity index (χ3v) is 5.14. The first-order chi connectivity index (χ1) is 13.6. The number of aryl methyl sites for hydroxylation is 2. The van der Waals surface area contributed by atoms with Gasteiger partial charge in [-0.05, 0) is 30.4 Å². The van der Waals surface area contributed by atoms with E-state index in [1.165, 1.54) is 6.08 Å². The van der Waals surface area contributed by atoms with Crippen LogP contribution in [0.5, 0.6) is 0 Å². The number of amides is 1. The van der Waals surface area contributed by atoms with Gasteiger partial charge in [0.15, 0.2) is 0 Å². The van der Waals surface area contributed by atoms with E-state index >= 15 is 0 Å². The number of allylic oxidation sites excluding steroid dienone is 1. The molecule has 0 bridgehead atoms. The van der Waals surface area contributed by atoms with E-state index in [0.29, 0.717) is 18.5 Å². The van der Waals surface area contributed by atoms with E-state index in [4.69, 9.17) is 11.6 Å². The molecule has 1 heterocycles. The van der Waals surface area contributed by atoms with Gasteiger partial charge in [0.25, 0.3) is 5.91 Å². The van der Waals surface area contributed by atoms with Crippen molar-refractivity contribution in [2.24, 2.45) is 0 Å². The summed E-state index contributed by atoms with van der Waals surface area (Å²) in [6.07, 6.45) is -2.73. The Balaban J connectivity index is 2.67. The van der Waals surface area contributed by atoms with E-state index in [-0.39, 0.29) is 16.7 Å². The largest absolute Gasteiger partial charge is 0.618 e. The Bertz CT molecular complexity index is 934. The summed E-state index contributed by atoms with van der Waals surface area (Å²) in [6, 6.07) is 5.58. The van der Waals surface area contributed by atoms with E-state index in [2.05, 4.69) is 11.9 Å². The first kappa shape index (κ1) is 22.7. The summed E-state index contributed by atoms with van der Waals surface area (Å²) < 4.78 is 40.1. The Kier molecular flexibility index (Phi) is 6.95. The van der Waals surface area contributed by atoms with Crippen molar-refractivity contribution in [3.05, 3.63) is 74.7 Å². The van der Waals surface area contributed by atoms with Crippen LogP contribution in [0, 0.1) is 12.1 Å². The summed E-state index contributed by atoms with van der Waals surface area (Å²) in [4.78, 5) is 13.0. The third-order valence-electron chi connectivity index (χ3n) is 4.72. The van der Waals surface area contributed by atoms with Crippen LogP contribution in [0.1, 0.15) is 52.3 Å². The molecule has 0 saturated heterocycles. The van der Waals surface area contributed by atoms with Crippen LogP contribution in [0.2, 0.25) is 5.02 Å². The number of aromatic nitrogens is 1. The van der Waals surface area contributed by atoms with Crippen molar-refractivity contribution in [3.8, 4) is 0 Å². The molecule has 0 aliphatic carbocycles. The van der Waals surface area contributed by atoms with Crippen LogP contribution in [0.4, 0.5) is 18.9 Å². The number of benzene rings is 1. The maximum absolute atomic E-state index is 13.5. The number of hydrogen-bond donors (Lipinski definition) is 1. The molecule has 0 saturated carbocycles. The molecule has 0 unspecified atom stereocenters. The highest BCUT2D eigenvalue weighted by Crippen LogP contribution is 2.36. The number of rotatable bonds is 6. The molecule has 0 spiro atoms. The molecule has 0 aliphatic heterocycles. The molecular weight excluding hydrogens is 405 g/mol. The number of alkyl halides is 3. The van der Waals surface area contributed by atoms with Crippen molar-refractivity contribution < 1.29 is 22.7 Å². The third kappa shape index (κ3) is 4.40. The fraction of sp³-hybridized carbons (Fsp3) is 0.333. The minimum atomic E-state index is -4.92. The summed E-state index contributed by atoms with van der Waals surface area (Å²) in [5, 5.41) is 14.8. The highest BCUT2D eigenvalue weighted by molar-refractivity contribution is 6.35. The lowest BCUT2D eigenvalue weighted by atomic mass is 10.0. The molecule has 0 atom stereocenters. The first-order valence-electron chi connectivity index (χ1n) is 9.13. The Morgan fingerprint density at radius 3 is 2.28 bits per heavy atom. The summed E-state index contributed by atoms with van der Waals surface area (Å²) in [7, 11) is 0.